The maximum atomic E-state index is 11.9. The highest BCUT2D eigenvalue weighted by atomic mass is 127. The number of halogens is 1. The maximum Gasteiger partial charge on any atom is 0.242 e. The molecule has 0 bridgehead atoms. The molecule has 26 heavy (non-hydrogen) atoms. The van der Waals surface area contributed by atoms with Crippen molar-refractivity contribution < 1.29 is 4.79 Å². The molecule has 1 heterocycles. The molecule has 0 aliphatic carbocycles. The van der Waals surface area contributed by atoms with E-state index in [0.29, 0.717) is 0 Å². The van der Waals surface area contributed by atoms with Crippen LogP contribution in [-0.2, 0) is 4.79 Å². The van der Waals surface area contributed by atoms with Gasteiger partial charge in [-0.1, -0.05) is 6.42 Å². The zero-order valence-corrected chi connectivity index (χ0v) is 19.7. The summed E-state index contributed by atoms with van der Waals surface area (Å²) in [6, 6.07) is 0.738. The molecule has 1 atom stereocenters. The Bertz CT molecular complexity index is 423. The van der Waals surface area contributed by atoms with E-state index in [1.165, 1.54) is 38.8 Å². The van der Waals surface area contributed by atoms with Gasteiger partial charge in [-0.25, -0.2) is 4.99 Å². The molecule has 154 valence electrons. The Hall–Kier alpha value is -0.570. The number of nitrogens with zero attached hydrogens (tertiary/aromatic N) is 2. The van der Waals surface area contributed by atoms with Gasteiger partial charge in [-0.2, -0.15) is 0 Å². The van der Waals surface area contributed by atoms with E-state index < -0.39 is 0 Å². The molecule has 0 aromatic rings. The minimum Gasteiger partial charge on any atom is -0.357 e. The number of guanidine groups is 1. The van der Waals surface area contributed by atoms with Crippen molar-refractivity contribution in [1.29, 1.82) is 0 Å². The fourth-order valence-electron chi connectivity index (χ4n) is 3.09. The molecular weight excluding hydrogens is 441 g/mol. The van der Waals surface area contributed by atoms with Gasteiger partial charge in [-0.15, -0.1) is 24.0 Å². The van der Waals surface area contributed by atoms with Crippen LogP contribution >= 0.6 is 24.0 Å². The lowest BCUT2D eigenvalue weighted by atomic mass is 10.0. The lowest BCUT2D eigenvalue weighted by Crippen LogP contribution is -2.43. The second-order valence-corrected chi connectivity index (χ2v) is 8.01. The number of amides is 1. The van der Waals surface area contributed by atoms with Crippen molar-refractivity contribution in [2.45, 2.75) is 78.3 Å². The summed E-state index contributed by atoms with van der Waals surface area (Å²) in [6.45, 7) is 14.6. The third-order valence-corrected chi connectivity index (χ3v) is 4.34. The molecular formula is C19H40IN5O. The van der Waals surface area contributed by atoms with Gasteiger partial charge in [0, 0.05) is 24.7 Å². The lowest BCUT2D eigenvalue weighted by molar-refractivity contribution is -0.121. The highest BCUT2D eigenvalue weighted by Crippen LogP contribution is 2.16. The highest BCUT2D eigenvalue weighted by Gasteiger charge is 2.17. The number of aliphatic imine (C=N–C) groups is 1. The summed E-state index contributed by atoms with van der Waals surface area (Å²) >= 11 is 0. The molecule has 0 saturated carbocycles. The Balaban J connectivity index is 0.00000625. The van der Waals surface area contributed by atoms with Crippen LogP contribution in [0.3, 0.4) is 0 Å². The Kier molecular flexibility index (Phi) is 13.3. The summed E-state index contributed by atoms with van der Waals surface area (Å²) in [6.07, 6.45) is 6.37. The number of carbonyl (C=O) groups is 1. The van der Waals surface area contributed by atoms with E-state index >= 15 is 0 Å². The van der Waals surface area contributed by atoms with Crippen LogP contribution in [0.15, 0.2) is 4.99 Å². The second-order valence-electron chi connectivity index (χ2n) is 8.01. The van der Waals surface area contributed by atoms with Gasteiger partial charge in [0.2, 0.25) is 5.91 Å². The first kappa shape index (κ1) is 25.4. The monoisotopic (exact) mass is 481 g/mol. The number of hydrogen-bond acceptors (Lipinski definition) is 3. The van der Waals surface area contributed by atoms with Gasteiger partial charge in [0.25, 0.3) is 0 Å². The fourth-order valence-corrected chi connectivity index (χ4v) is 3.09. The van der Waals surface area contributed by atoms with Crippen molar-refractivity contribution >= 4 is 35.8 Å². The van der Waals surface area contributed by atoms with Crippen molar-refractivity contribution in [3.63, 3.8) is 0 Å². The molecule has 0 radical (unpaired) electrons. The summed E-state index contributed by atoms with van der Waals surface area (Å²) in [5, 5.41) is 9.45. The van der Waals surface area contributed by atoms with Crippen LogP contribution in [-0.4, -0.2) is 61.1 Å². The van der Waals surface area contributed by atoms with Gasteiger partial charge in [0.15, 0.2) is 5.96 Å². The number of nitrogens with one attached hydrogen (secondary N) is 3. The highest BCUT2D eigenvalue weighted by molar-refractivity contribution is 14.0. The lowest BCUT2D eigenvalue weighted by Gasteiger charge is -2.33. The van der Waals surface area contributed by atoms with Crippen molar-refractivity contribution in [1.82, 2.24) is 20.9 Å². The minimum atomic E-state index is -0.218. The number of hydrogen-bond donors (Lipinski definition) is 3. The quantitative estimate of drug-likeness (QED) is 0.216. The third-order valence-electron chi connectivity index (χ3n) is 4.34. The molecule has 1 aliphatic heterocycles. The van der Waals surface area contributed by atoms with Gasteiger partial charge in [0.05, 0.1) is 0 Å². The zero-order chi connectivity index (χ0) is 18.7. The molecule has 3 N–H and O–H groups in total. The summed E-state index contributed by atoms with van der Waals surface area (Å²) in [4.78, 5) is 18.9. The van der Waals surface area contributed by atoms with Gasteiger partial charge < -0.3 is 20.9 Å². The van der Waals surface area contributed by atoms with Crippen molar-refractivity contribution in [2.75, 3.05) is 32.7 Å². The van der Waals surface area contributed by atoms with Crippen molar-refractivity contribution in [3.8, 4) is 0 Å². The van der Waals surface area contributed by atoms with Crippen LogP contribution in [0.5, 0.6) is 0 Å². The van der Waals surface area contributed by atoms with E-state index in [1.807, 2.05) is 27.7 Å². The van der Waals surface area contributed by atoms with E-state index in [-0.39, 0.29) is 42.0 Å². The Morgan fingerprint density at radius 3 is 2.54 bits per heavy atom. The molecule has 1 unspecified atom stereocenters. The molecule has 0 aromatic heterocycles. The summed E-state index contributed by atoms with van der Waals surface area (Å²) in [7, 11) is 0. The van der Waals surface area contributed by atoms with Crippen LogP contribution in [0.1, 0.15) is 66.7 Å². The molecule has 1 aliphatic rings. The first-order valence-corrected chi connectivity index (χ1v) is 9.89. The summed E-state index contributed by atoms with van der Waals surface area (Å²) in [5.41, 5.74) is -0.218. The van der Waals surface area contributed by atoms with E-state index in [2.05, 4.69) is 32.8 Å². The first-order chi connectivity index (χ1) is 11.8. The molecule has 1 rings (SSSR count). The van der Waals surface area contributed by atoms with E-state index in [4.69, 9.17) is 0 Å². The van der Waals surface area contributed by atoms with Gasteiger partial charge in [-0.3, -0.25) is 4.79 Å². The van der Waals surface area contributed by atoms with E-state index in [1.54, 1.807) is 0 Å². The number of carbonyl (C=O) groups excluding carboxylic acids is 1. The zero-order valence-electron chi connectivity index (χ0n) is 17.4. The summed E-state index contributed by atoms with van der Waals surface area (Å²) < 4.78 is 0. The average molecular weight is 481 g/mol. The SMILES string of the molecule is CCNC(=NCC(=O)NC(C)(C)C)NCCCCN1CCCCC1C.I. The molecule has 6 nitrogen and oxygen atoms in total. The van der Waals surface area contributed by atoms with Crippen LogP contribution < -0.4 is 16.0 Å². The van der Waals surface area contributed by atoms with Gasteiger partial charge in [-0.05, 0) is 73.4 Å². The normalized spacial score (nSPS) is 18.8. The molecule has 1 fully saturated rings. The molecule has 1 amide bonds. The minimum absolute atomic E-state index is 0. The Morgan fingerprint density at radius 1 is 1.19 bits per heavy atom. The van der Waals surface area contributed by atoms with Gasteiger partial charge in [0.1, 0.15) is 6.54 Å². The number of piperidine rings is 1. The number of rotatable bonds is 8. The third kappa shape index (κ3) is 11.9. The second kappa shape index (κ2) is 13.6. The predicted molar refractivity (Wildman–Crippen MR) is 121 cm³/mol. The topological polar surface area (TPSA) is 68.8 Å². The maximum absolute atomic E-state index is 11.9. The molecule has 0 aromatic carbocycles. The van der Waals surface area contributed by atoms with Crippen molar-refractivity contribution in [3.05, 3.63) is 0 Å². The standard InChI is InChI=1S/C19H39N5O.HI/c1-6-20-18(22-15-17(25)23-19(3,4)5)21-12-8-10-14-24-13-9-7-11-16(24)2;/h16H,6-15H2,1-5H3,(H,23,25)(H2,20,21,22);1H. The van der Waals surface area contributed by atoms with E-state index in [0.717, 1.165) is 31.5 Å². The molecule has 1 saturated heterocycles. The van der Waals surface area contributed by atoms with Crippen LogP contribution in [0.2, 0.25) is 0 Å². The number of likely N-dealkylation sites (tertiary alicyclic amines) is 1. The van der Waals surface area contributed by atoms with Crippen LogP contribution in [0.4, 0.5) is 0 Å². The van der Waals surface area contributed by atoms with Gasteiger partial charge >= 0.3 is 0 Å². The van der Waals surface area contributed by atoms with Crippen molar-refractivity contribution in [2.24, 2.45) is 4.99 Å². The Morgan fingerprint density at radius 2 is 1.92 bits per heavy atom. The molecule has 0 spiro atoms. The average Bonchev–Trinajstić information content (AvgIpc) is 2.52. The number of unbranched alkanes of at least 4 members (excludes halogenated alkanes) is 1. The smallest absolute Gasteiger partial charge is 0.242 e. The summed E-state index contributed by atoms with van der Waals surface area (Å²) in [5.74, 6) is 0.668. The van der Waals surface area contributed by atoms with E-state index in [9.17, 15) is 4.79 Å². The largest absolute Gasteiger partial charge is 0.357 e. The fraction of sp³-hybridized carbons (Fsp3) is 0.895. The molecule has 7 heteroatoms. The van der Waals surface area contributed by atoms with Crippen LogP contribution in [0, 0.1) is 0 Å². The van der Waals surface area contributed by atoms with Crippen LogP contribution in [0.25, 0.3) is 0 Å². The predicted octanol–water partition coefficient (Wildman–Crippen LogP) is 2.73. The first-order valence-electron chi connectivity index (χ1n) is 9.89. The Labute approximate surface area is 177 Å².